The summed E-state index contributed by atoms with van der Waals surface area (Å²) in [6.45, 7) is 3.23. The van der Waals surface area contributed by atoms with Crippen LogP contribution in [0.15, 0.2) is 24.3 Å². The minimum atomic E-state index is 0.473. The normalized spacial score (nSPS) is 21.3. The van der Waals surface area contributed by atoms with Gasteiger partial charge in [-0.15, -0.1) is 0 Å². The van der Waals surface area contributed by atoms with Crippen LogP contribution in [0, 0.1) is 0 Å². The maximum absolute atomic E-state index is 4.74. The lowest BCUT2D eigenvalue weighted by atomic mass is 9.91. The molecule has 5 heteroatoms. The van der Waals surface area contributed by atoms with E-state index in [0.29, 0.717) is 12.1 Å². The van der Waals surface area contributed by atoms with Crippen molar-refractivity contribution in [3.8, 4) is 0 Å². The molecular formula is C18H27N5. The van der Waals surface area contributed by atoms with Gasteiger partial charge in [0.05, 0.1) is 5.52 Å². The molecule has 2 aromatic rings. The lowest BCUT2D eigenvalue weighted by Gasteiger charge is -2.29. The molecule has 3 rings (SSSR count). The van der Waals surface area contributed by atoms with E-state index in [1.807, 2.05) is 26.2 Å². The van der Waals surface area contributed by atoms with Crippen molar-refractivity contribution in [3.63, 3.8) is 0 Å². The number of hydrogen-bond donors (Lipinski definition) is 2. The predicted octanol–water partition coefficient (Wildman–Crippen LogP) is 3.03. The topological polar surface area (TPSA) is 53.1 Å². The highest BCUT2D eigenvalue weighted by Gasteiger charge is 2.21. The van der Waals surface area contributed by atoms with E-state index in [-0.39, 0.29) is 0 Å². The highest BCUT2D eigenvalue weighted by Crippen LogP contribution is 2.26. The summed E-state index contributed by atoms with van der Waals surface area (Å²) in [6.07, 6.45) is 4.79. The number of hydrogen-bond acceptors (Lipinski definition) is 5. The fourth-order valence-corrected chi connectivity index (χ4v) is 3.38. The van der Waals surface area contributed by atoms with Crippen molar-refractivity contribution >= 4 is 22.7 Å². The Bertz CT molecular complexity index is 647. The van der Waals surface area contributed by atoms with E-state index >= 15 is 0 Å². The first-order valence-corrected chi connectivity index (χ1v) is 8.61. The number of nitrogens with zero attached hydrogens (tertiary/aromatic N) is 3. The van der Waals surface area contributed by atoms with E-state index in [4.69, 9.17) is 9.97 Å². The van der Waals surface area contributed by atoms with Gasteiger partial charge < -0.3 is 15.5 Å². The first-order valence-electron chi connectivity index (χ1n) is 8.61. The monoisotopic (exact) mass is 313 g/mol. The van der Waals surface area contributed by atoms with Gasteiger partial charge in [-0.3, -0.25) is 0 Å². The van der Waals surface area contributed by atoms with Crippen molar-refractivity contribution in [2.45, 2.75) is 44.7 Å². The molecule has 1 aromatic heterocycles. The zero-order valence-electron chi connectivity index (χ0n) is 14.3. The highest BCUT2D eigenvalue weighted by molar-refractivity contribution is 5.90. The fourth-order valence-electron chi connectivity index (χ4n) is 3.38. The summed E-state index contributed by atoms with van der Waals surface area (Å²) in [5.74, 6) is 1.72. The number of nitrogens with one attached hydrogen (secondary N) is 2. The molecule has 2 N–H and O–H groups in total. The molecule has 0 saturated heterocycles. The van der Waals surface area contributed by atoms with E-state index in [2.05, 4.69) is 34.6 Å². The molecule has 1 aromatic carbocycles. The first-order chi connectivity index (χ1) is 11.2. The summed E-state index contributed by atoms with van der Waals surface area (Å²) in [7, 11) is 4.06. The van der Waals surface area contributed by atoms with E-state index < -0.39 is 0 Å². The number of rotatable bonds is 5. The van der Waals surface area contributed by atoms with Crippen LogP contribution in [0.2, 0.25) is 0 Å². The molecule has 5 nitrogen and oxygen atoms in total. The number of benzene rings is 1. The highest BCUT2D eigenvalue weighted by atomic mass is 15.2. The van der Waals surface area contributed by atoms with Crippen LogP contribution in [-0.4, -0.2) is 42.7 Å². The molecule has 0 spiro atoms. The third-order valence-corrected chi connectivity index (χ3v) is 4.56. The Morgan fingerprint density at radius 3 is 2.43 bits per heavy atom. The average molecular weight is 313 g/mol. The number of anilines is 2. The molecule has 0 bridgehead atoms. The Labute approximate surface area is 138 Å². The fraction of sp³-hybridized carbons (Fsp3) is 0.556. The van der Waals surface area contributed by atoms with Gasteiger partial charge >= 0.3 is 0 Å². The molecule has 1 aliphatic rings. The smallest absolute Gasteiger partial charge is 0.225 e. The molecule has 124 valence electrons. The van der Waals surface area contributed by atoms with Crippen molar-refractivity contribution in [3.05, 3.63) is 24.3 Å². The van der Waals surface area contributed by atoms with Crippen molar-refractivity contribution in [2.75, 3.05) is 30.9 Å². The lowest BCUT2D eigenvalue weighted by molar-refractivity contribution is 0.359. The van der Waals surface area contributed by atoms with Crippen LogP contribution in [0.1, 0.15) is 32.6 Å². The molecule has 0 atom stereocenters. The summed E-state index contributed by atoms with van der Waals surface area (Å²) in [5.41, 5.74) is 0.995. The summed E-state index contributed by atoms with van der Waals surface area (Å²) in [4.78, 5) is 11.5. The lowest BCUT2D eigenvalue weighted by Crippen LogP contribution is -2.37. The second-order valence-corrected chi connectivity index (χ2v) is 6.53. The van der Waals surface area contributed by atoms with Crippen molar-refractivity contribution in [1.29, 1.82) is 0 Å². The van der Waals surface area contributed by atoms with Crippen molar-refractivity contribution < 1.29 is 0 Å². The van der Waals surface area contributed by atoms with Crippen LogP contribution >= 0.6 is 0 Å². The van der Waals surface area contributed by atoms with Gasteiger partial charge in [-0.05, 0) is 44.4 Å². The largest absolute Gasteiger partial charge is 0.362 e. The molecule has 1 aliphatic carbocycles. The van der Waals surface area contributed by atoms with Crippen LogP contribution in [0.5, 0.6) is 0 Å². The quantitative estimate of drug-likeness (QED) is 0.888. The molecule has 0 radical (unpaired) electrons. The van der Waals surface area contributed by atoms with Gasteiger partial charge in [-0.25, -0.2) is 4.98 Å². The molecular weight excluding hydrogens is 286 g/mol. The van der Waals surface area contributed by atoms with Crippen molar-refractivity contribution in [1.82, 2.24) is 15.3 Å². The molecule has 0 unspecified atom stereocenters. The van der Waals surface area contributed by atoms with E-state index in [9.17, 15) is 0 Å². The summed E-state index contributed by atoms with van der Waals surface area (Å²) >= 11 is 0. The summed E-state index contributed by atoms with van der Waals surface area (Å²) in [5, 5.41) is 8.20. The SMILES string of the molecule is CCN[C@H]1CC[C@@H](Nc2nc(N(C)C)c3ccccc3n2)CC1. The summed E-state index contributed by atoms with van der Waals surface area (Å²) < 4.78 is 0. The first kappa shape index (κ1) is 16.0. The van der Waals surface area contributed by atoms with Gasteiger partial charge in [-0.2, -0.15) is 4.98 Å². The van der Waals surface area contributed by atoms with E-state index in [1.165, 1.54) is 25.7 Å². The van der Waals surface area contributed by atoms with Gasteiger partial charge in [0.2, 0.25) is 5.95 Å². The maximum atomic E-state index is 4.74. The average Bonchev–Trinajstić information content (AvgIpc) is 2.56. The van der Waals surface area contributed by atoms with E-state index in [0.717, 1.165) is 29.2 Å². The minimum absolute atomic E-state index is 0.473. The Hall–Kier alpha value is -1.88. The maximum Gasteiger partial charge on any atom is 0.225 e. The van der Waals surface area contributed by atoms with Crippen LogP contribution < -0.4 is 15.5 Å². The third kappa shape index (κ3) is 3.72. The van der Waals surface area contributed by atoms with Gasteiger partial charge in [-0.1, -0.05) is 19.1 Å². The van der Waals surface area contributed by atoms with Crippen molar-refractivity contribution in [2.24, 2.45) is 0 Å². The van der Waals surface area contributed by atoms with Crippen LogP contribution in [-0.2, 0) is 0 Å². The molecule has 23 heavy (non-hydrogen) atoms. The second kappa shape index (κ2) is 7.13. The molecule has 0 amide bonds. The van der Waals surface area contributed by atoms with Crippen LogP contribution in [0.4, 0.5) is 11.8 Å². The standard InChI is InChI=1S/C18H27N5/c1-4-19-13-9-11-14(12-10-13)20-18-21-16-8-6-5-7-15(16)17(22-18)23(2)3/h5-8,13-14,19H,4,9-12H2,1-3H3,(H,20,21,22)/t13-,14+. The van der Waals surface area contributed by atoms with Gasteiger partial charge in [0.1, 0.15) is 5.82 Å². The molecule has 0 aliphatic heterocycles. The van der Waals surface area contributed by atoms with Gasteiger partial charge in [0.15, 0.2) is 0 Å². The second-order valence-electron chi connectivity index (χ2n) is 6.53. The Kier molecular flexibility index (Phi) is 4.96. The Morgan fingerprint density at radius 1 is 1.04 bits per heavy atom. The van der Waals surface area contributed by atoms with E-state index in [1.54, 1.807) is 0 Å². The molecule has 1 fully saturated rings. The Balaban J connectivity index is 1.76. The van der Waals surface area contributed by atoms with Crippen LogP contribution in [0.3, 0.4) is 0 Å². The predicted molar refractivity (Wildman–Crippen MR) is 97.2 cm³/mol. The van der Waals surface area contributed by atoms with Gasteiger partial charge in [0.25, 0.3) is 0 Å². The Morgan fingerprint density at radius 2 is 1.74 bits per heavy atom. The number of para-hydroxylation sites is 1. The number of fused-ring (bicyclic) bond motifs is 1. The van der Waals surface area contributed by atoms with Crippen LogP contribution in [0.25, 0.3) is 10.9 Å². The van der Waals surface area contributed by atoms with Gasteiger partial charge in [0, 0.05) is 31.6 Å². The number of aromatic nitrogens is 2. The third-order valence-electron chi connectivity index (χ3n) is 4.56. The zero-order chi connectivity index (χ0) is 16.2. The zero-order valence-corrected chi connectivity index (χ0v) is 14.3. The molecule has 1 saturated carbocycles. The summed E-state index contributed by atoms with van der Waals surface area (Å²) in [6, 6.07) is 9.34. The molecule has 1 heterocycles. The minimum Gasteiger partial charge on any atom is -0.362 e.